The van der Waals surface area contributed by atoms with Crippen molar-refractivity contribution in [2.24, 2.45) is 21.9 Å². The number of azo groups is 1. The quantitative estimate of drug-likeness (QED) is 0.234. The van der Waals surface area contributed by atoms with Crippen molar-refractivity contribution < 1.29 is 9.32 Å². The molecule has 0 saturated heterocycles. The highest BCUT2D eigenvalue weighted by Gasteiger charge is 2.05. The van der Waals surface area contributed by atoms with Gasteiger partial charge < -0.3 is 11.1 Å². The van der Waals surface area contributed by atoms with E-state index < -0.39 is 0 Å². The van der Waals surface area contributed by atoms with Crippen molar-refractivity contribution in [1.29, 1.82) is 0 Å². The van der Waals surface area contributed by atoms with Crippen LogP contribution in [0.3, 0.4) is 0 Å². The maximum absolute atomic E-state index is 5.58. The molecule has 0 spiro atoms. The van der Waals surface area contributed by atoms with E-state index in [2.05, 4.69) is 30.9 Å². The van der Waals surface area contributed by atoms with E-state index in [-0.39, 0.29) is 0 Å². The summed E-state index contributed by atoms with van der Waals surface area (Å²) in [5.41, 5.74) is 8.15. The summed E-state index contributed by atoms with van der Waals surface area (Å²) in [6, 6.07) is 19.4. The SMILES string of the molecule is NCCNc1ccc(N=Nc2ccc(SOON)cc2)c2ccccc12. The van der Waals surface area contributed by atoms with E-state index in [1.807, 2.05) is 54.6 Å². The molecular weight excluding hydrogens is 350 g/mol. The zero-order chi connectivity index (χ0) is 18.2. The molecule has 26 heavy (non-hydrogen) atoms. The largest absolute Gasteiger partial charge is 0.383 e. The standard InChI is InChI=1S/C18H19N5O2S/c19-11-12-21-17-9-10-18(16-4-2-1-3-15(16)17)23-22-13-5-7-14(8-6-13)26-25-24-20/h1-10,21H,11-12,19-20H2. The first-order valence-corrected chi connectivity index (χ1v) is 8.73. The summed E-state index contributed by atoms with van der Waals surface area (Å²) in [6.07, 6.45) is 0. The van der Waals surface area contributed by atoms with E-state index in [0.717, 1.165) is 44.8 Å². The summed E-state index contributed by atoms with van der Waals surface area (Å²) in [5, 5.41) is 14.2. The van der Waals surface area contributed by atoms with Crippen molar-refractivity contribution in [3.63, 3.8) is 0 Å². The number of hydrogen-bond acceptors (Lipinski definition) is 8. The molecule has 0 aliphatic heterocycles. The number of nitrogens with one attached hydrogen (secondary N) is 1. The molecule has 8 heteroatoms. The van der Waals surface area contributed by atoms with Gasteiger partial charge in [0.25, 0.3) is 0 Å². The van der Waals surface area contributed by atoms with Gasteiger partial charge in [0.15, 0.2) is 0 Å². The Labute approximate surface area is 155 Å². The van der Waals surface area contributed by atoms with Crippen LogP contribution in [0.15, 0.2) is 75.8 Å². The van der Waals surface area contributed by atoms with Crippen LogP contribution < -0.4 is 16.9 Å². The highest BCUT2D eigenvalue weighted by atomic mass is 32.2. The summed E-state index contributed by atoms with van der Waals surface area (Å²) in [7, 11) is 0. The van der Waals surface area contributed by atoms with Gasteiger partial charge >= 0.3 is 0 Å². The van der Waals surface area contributed by atoms with Crippen LogP contribution >= 0.6 is 12.0 Å². The maximum Gasteiger partial charge on any atom is 0.0936 e. The maximum atomic E-state index is 5.58. The van der Waals surface area contributed by atoms with Gasteiger partial charge in [0, 0.05) is 34.4 Å². The highest BCUT2D eigenvalue weighted by molar-refractivity contribution is 7.94. The fourth-order valence-electron chi connectivity index (χ4n) is 2.47. The molecule has 3 aromatic rings. The average Bonchev–Trinajstić information content (AvgIpc) is 2.70. The van der Waals surface area contributed by atoms with Crippen molar-refractivity contribution in [3.8, 4) is 0 Å². The second-order valence-corrected chi connectivity index (χ2v) is 6.11. The smallest absolute Gasteiger partial charge is 0.0936 e. The van der Waals surface area contributed by atoms with Gasteiger partial charge in [0.2, 0.25) is 0 Å². The van der Waals surface area contributed by atoms with Gasteiger partial charge in [-0.3, -0.25) is 0 Å². The molecule has 3 aromatic carbocycles. The zero-order valence-corrected chi connectivity index (χ0v) is 14.8. The van der Waals surface area contributed by atoms with Gasteiger partial charge in [-0.25, -0.2) is 0 Å². The predicted octanol–water partition coefficient (Wildman–Crippen LogP) is 4.45. The average molecular weight is 369 g/mol. The lowest BCUT2D eigenvalue weighted by Crippen LogP contribution is -2.13. The zero-order valence-electron chi connectivity index (χ0n) is 14.0. The van der Waals surface area contributed by atoms with Crippen molar-refractivity contribution in [1.82, 2.24) is 0 Å². The van der Waals surface area contributed by atoms with Gasteiger partial charge in [-0.1, -0.05) is 24.3 Å². The van der Waals surface area contributed by atoms with Gasteiger partial charge in [-0.05, 0) is 36.4 Å². The van der Waals surface area contributed by atoms with E-state index in [1.165, 1.54) is 0 Å². The van der Waals surface area contributed by atoms with Crippen LogP contribution in [0.4, 0.5) is 17.1 Å². The summed E-state index contributed by atoms with van der Waals surface area (Å²) < 4.78 is 4.60. The van der Waals surface area contributed by atoms with E-state index in [0.29, 0.717) is 13.1 Å². The highest BCUT2D eigenvalue weighted by Crippen LogP contribution is 2.33. The fraction of sp³-hybridized carbons (Fsp3) is 0.111. The number of hydrogen-bond donors (Lipinski definition) is 3. The molecule has 0 heterocycles. The summed E-state index contributed by atoms with van der Waals surface area (Å²) >= 11 is 1.02. The minimum absolute atomic E-state index is 0.576. The molecule has 5 N–H and O–H groups in total. The molecule has 0 aliphatic rings. The van der Waals surface area contributed by atoms with Crippen LogP contribution in [0.2, 0.25) is 0 Å². The minimum Gasteiger partial charge on any atom is -0.383 e. The second-order valence-electron chi connectivity index (χ2n) is 5.33. The lowest BCUT2D eigenvalue weighted by Gasteiger charge is -2.10. The third-order valence-corrected chi connectivity index (χ3v) is 4.25. The van der Waals surface area contributed by atoms with Gasteiger partial charge in [-0.2, -0.15) is 11.0 Å². The number of nitrogens with two attached hydrogens (primary N) is 2. The van der Waals surface area contributed by atoms with Crippen LogP contribution in [0.1, 0.15) is 0 Å². The monoisotopic (exact) mass is 369 g/mol. The summed E-state index contributed by atoms with van der Waals surface area (Å²) in [5.74, 6) is 4.81. The molecule has 0 radical (unpaired) electrons. The molecule has 0 fully saturated rings. The topological polar surface area (TPSA) is 107 Å². The van der Waals surface area contributed by atoms with Crippen LogP contribution in [0.5, 0.6) is 0 Å². The Balaban J connectivity index is 1.83. The van der Waals surface area contributed by atoms with Gasteiger partial charge in [-0.15, -0.1) is 14.4 Å². The van der Waals surface area contributed by atoms with Crippen LogP contribution in [0, 0.1) is 0 Å². The number of fused-ring (bicyclic) bond motifs is 1. The first-order valence-electron chi connectivity index (χ1n) is 7.99. The Hall–Kier alpha value is -2.49. The van der Waals surface area contributed by atoms with Crippen molar-refractivity contribution in [3.05, 3.63) is 60.7 Å². The van der Waals surface area contributed by atoms with Crippen molar-refractivity contribution >= 4 is 39.9 Å². The molecule has 0 saturated carbocycles. The third-order valence-electron chi connectivity index (χ3n) is 3.64. The van der Waals surface area contributed by atoms with E-state index in [1.54, 1.807) is 0 Å². The molecule has 0 aromatic heterocycles. The lowest BCUT2D eigenvalue weighted by atomic mass is 10.1. The number of rotatable bonds is 8. The Morgan fingerprint density at radius 2 is 1.69 bits per heavy atom. The van der Waals surface area contributed by atoms with Gasteiger partial charge in [0.1, 0.15) is 0 Å². The van der Waals surface area contributed by atoms with Crippen LogP contribution in [0.25, 0.3) is 10.8 Å². The van der Waals surface area contributed by atoms with Gasteiger partial charge in [0.05, 0.1) is 23.4 Å². The summed E-state index contributed by atoms with van der Waals surface area (Å²) in [6.45, 7) is 1.29. The Morgan fingerprint density at radius 3 is 2.42 bits per heavy atom. The number of anilines is 1. The lowest BCUT2D eigenvalue weighted by molar-refractivity contribution is -0.195. The number of nitrogens with zero attached hydrogens (tertiary/aromatic N) is 2. The molecule has 0 aliphatic carbocycles. The molecule has 3 rings (SSSR count). The minimum atomic E-state index is 0.576. The Kier molecular flexibility index (Phi) is 6.53. The van der Waals surface area contributed by atoms with E-state index in [9.17, 15) is 0 Å². The van der Waals surface area contributed by atoms with Crippen molar-refractivity contribution in [2.75, 3.05) is 18.4 Å². The molecule has 0 bridgehead atoms. The molecule has 7 nitrogen and oxygen atoms in total. The third kappa shape index (κ3) is 4.57. The van der Waals surface area contributed by atoms with E-state index in [4.69, 9.17) is 11.6 Å². The predicted molar refractivity (Wildman–Crippen MR) is 104 cm³/mol. The molecule has 0 unspecified atom stereocenters. The second kappa shape index (κ2) is 9.27. The Bertz CT molecular complexity index is 886. The molecule has 0 amide bonds. The molecular formula is C18H19N5O2S. The molecule has 134 valence electrons. The van der Waals surface area contributed by atoms with Crippen molar-refractivity contribution in [2.45, 2.75) is 4.90 Å². The van der Waals surface area contributed by atoms with Crippen LogP contribution in [-0.2, 0) is 9.32 Å². The van der Waals surface area contributed by atoms with E-state index >= 15 is 0 Å². The Morgan fingerprint density at radius 1 is 0.923 bits per heavy atom. The normalized spacial score (nSPS) is 11.3. The van der Waals surface area contributed by atoms with Crippen LogP contribution in [-0.4, -0.2) is 13.1 Å². The number of benzene rings is 3. The fourth-order valence-corrected chi connectivity index (χ4v) is 2.84. The molecule has 0 atom stereocenters. The first-order chi connectivity index (χ1) is 12.8. The summed E-state index contributed by atoms with van der Waals surface area (Å²) in [4.78, 5) is 4.91. The first kappa shape index (κ1) is 18.3.